The summed E-state index contributed by atoms with van der Waals surface area (Å²) in [6.07, 6.45) is 1.75. The van der Waals surface area contributed by atoms with Crippen LogP contribution in [0.3, 0.4) is 0 Å². The Kier molecular flexibility index (Phi) is 2.94. The number of carbonyl (C=O) groups is 1. The van der Waals surface area contributed by atoms with Crippen LogP contribution >= 0.6 is 0 Å². The van der Waals surface area contributed by atoms with Crippen LogP contribution < -0.4 is 0 Å². The number of fused-ring (bicyclic) bond motifs is 1. The third-order valence-corrected chi connectivity index (χ3v) is 2.81. The number of halogens is 2. The molecule has 0 N–H and O–H groups in total. The molecule has 0 aromatic carbocycles. The molecule has 1 amide bonds. The molecule has 0 fully saturated rings. The number of alkyl halides is 2. The monoisotopic (exact) mass is 229 g/mol. The van der Waals surface area contributed by atoms with Gasteiger partial charge in [-0.3, -0.25) is 4.79 Å². The Morgan fingerprint density at radius 1 is 1.56 bits per heavy atom. The largest absolute Gasteiger partial charge is 0.459 e. The Bertz CT molecular complexity index is 401. The van der Waals surface area contributed by atoms with Crippen LogP contribution in [-0.4, -0.2) is 30.8 Å². The molecule has 0 bridgehead atoms. The maximum atomic E-state index is 12.1. The molecule has 1 aliphatic carbocycles. The number of rotatable bonds is 3. The molecule has 0 atom stereocenters. The fourth-order valence-corrected chi connectivity index (χ4v) is 2.00. The molecular weight excluding hydrogens is 216 g/mol. The summed E-state index contributed by atoms with van der Waals surface area (Å²) in [5.41, 5.74) is 1.93. The molecule has 0 aliphatic heterocycles. The molecule has 1 aliphatic rings. The van der Waals surface area contributed by atoms with Crippen molar-refractivity contribution in [2.24, 2.45) is 0 Å². The third-order valence-electron chi connectivity index (χ3n) is 2.81. The zero-order chi connectivity index (χ0) is 11.7. The number of amides is 1. The van der Waals surface area contributed by atoms with E-state index in [0.717, 1.165) is 35.3 Å². The van der Waals surface area contributed by atoms with Crippen LogP contribution in [0.25, 0.3) is 0 Å². The molecule has 88 valence electrons. The number of carbonyl (C=O) groups excluding carboxylic acids is 1. The summed E-state index contributed by atoms with van der Waals surface area (Å²) in [4.78, 5) is 12.8. The SMILES string of the molecule is CN(CC(F)F)C(=O)c1occ2c1CCC2. The number of furan rings is 1. The first-order valence-corrected chi connectivity index (χ1v) is 5.22. The fraction of sp³-hybridized carbons (Fsp3) is 0.545. The van der Waals surface area contributed by atoms with Crippen LogP contribution in [0.5, 0.6) is 0 Å². The van der Waals surface area contributed by atoms with Gasteiger partial charge >= 0.3 is 0 Å². The lowest BCUT2D eigenvalue weighted by Gasteiger charge is -2.15. The normalized spacial score (nSPS) is 14.2. The molecule has 1 aromatic rings. The summed E-state index contributed by atoms with van der Waals surface area (Å²) >= 11 is 0. The van der Waals surface area contributed by atoms with E-state index in [1.165, 1.54) is 7.05 Å². The van der Waals surface area contributed by atoms with Crippen molar-refractivity contribution in [2.45, 2.75) is 25.7 Å². The summed E-state index contributed by atoms with van der Waals surface area (Å²) in [7, 11) is 1.36. The van der Waals surface area contributed by atoms with Crippen LogP contribution in [0.2, 0.25) is 0 Å². The van der Waals surface area contributed by atoms with Crippen LogP contribution in [0.1, 0.15) is 28.1 Å². The predicted molar refractivity (Wildman–Crippen MR) is 53.7 cm³/mol. The Hall–Kier alpha value is -1.39. The number of nitrogens with zero attached hydrogens (tertiary/aromatic N) is 1. The van der Waals surface area contributed by atoms with Gasteiger partial charge in [-0.1, -0.05) is 0 Å². The quantitative estimate of drug-likeness (QED) is 0.795. The van der Waals surface area contributed by atoms with Crippen molar-refractivity contribution in [1.82, 2.24) is 4.90 Å². The average Bonchev–Trinajstić information content (AvgIpc) is 2.75. The predicted octanol–water partition coefficient (Wildman–Crippen LogP) is 2.11. The number of hydrogen-bond acceptors (Lipinski definition) is 2. The van der Waals surface area contributed by atoms with E-state index in [1.54, 1.807) is 6.26 Å². The second kappa shape index (κ2) is 4.23. The van der Waals surface area contributed by atoms with Gasteiger partial charge in [-0.2, -0.15) is 0 Å². The van der Waals surface area contributed by atoms with Gasteiger partial charge in [-0.25, -0.2) is 8.78 Å². The highest BCUT2D eigenvalue weighted by Gasteiger charge is 2.26. The maximum Gasteiger partial charge on any atom is 0.289 e. The van der Waals surface area contributed by atoms with Gasteiger partial charge in [0, 0.05) is 12.6 Å². The minimum atomic E-state index is -2.52. The minimum Gasteiger partial charge on any atom is -0.459 e. The van der Waals surface area contributed by atoms with E-state index >= 15 is 0 Å². The van der Waals surface area contributed by atoms with Crippen LogP contribution in [0.4, 0.5) is 8.78 Å². The van der Waals surface area contributed by atoms with Gasteiger partial charge in [-0.05, 0) is 24.8 Å². The Balaban J connectivity index is 2.15. The van der Waals surface area contributed by atoms with Gasteiger partial charge in [0.15, 0.2) is 5.76 Å². The van der Waals surface area contributed by atoms with E-state index in [9.17, 15) is 13.6 Å². The Morgan fingerprint density at radius 2 is 2.31 bits per heavy atom. The smallest absolute Gasteiger partial charge is 0.289 e. The highest BCUT2D eigenvalue weighted by atomic mass is 19.3. The van der Waals surface area contributed by atoms with Crippen molar-refractivity contribution in [3.63, 3.8) is 0 Å². The van der Waals surface area contributed by atoms with Crippen molar-refractivity contribution in [3.8, 4) is 0 Å². The van der Waals surface area contributed by atoms with Gasteiger partial charge in [-0.15, -0.1) is 0 Å². The molecule has 2 rings (SSSR count). The topological polar surface area (TPSA) is 33.5 Å². The van der Waals surface area contributed by atoms with Crippen LogP contribution in [-0.2, 0) is 12.8 Å². The van der Waals surface area contributed by atoms with E-state index in [0.29, 0.717) is 0 Å². The second-order valence-electron chi connectivity index (χ2n) is 4.00. The van der Waals surface area contributed by atoms with Gasteiger partial charge < -0.3 is 9.32 Å². The first kappa shape index (κ1) is 11.1. The molecule has 1 aromatic heterocycles. The van der Waals surface area contributed by atoms with Crippen molar-refractivity contribution < 1.29 is 18.0 Å². The van der Waals surface area contributed by atoms with Gasteiger partial charge in [0.05, 0.1) is 12.8 Å². The van der Waals surface area contributed by atoms with Crippen LogP contribution in [0, 0.1) is 0 Å². The molecule has 0 unspecified atom stereocenters. The molecule has 0 saturated heterocycles. The van der Waals surface area contributed by atoms with Crippen molar-refractivity contribution in [3.05, 3.63) is 23.2 Å². The molecule has 0 saturated carbocycles. The lowest BCUT2D eigenvalue weighted by molar-refractivity contribution is 0.0592. The summed E-state index contributed by atoms with van der Waals surface area (Å²) < 4.78 is 29.4. The van der Waals surface area contributed by atoms with Crippen molar-refractivity contribution in [2.75, 3.05) is 13.6 Å². The van der Waals surface area contributed by atoms with E-state index in [-0.39, 0.29) is 5.76 Å². The fourth-order valence-electron chi connectivity index (χ4n) is 2.00. The highest BCUT2D eigenvalue weighted by Crippen LogP contribution is 2.27. The van der Waals surface area contributed by atoms with Gasteiger partial charge in [0.1, 0.15) is 0 Å². The lowest BCUT2D eigenvalue weighted by Crippen LogP contribution is -2.31. The third kappa shape index (κ3) is 1.94. The molecule has 0 radical (unpaired) electrons. The molecule has 16 heavy (non-hydrogen) atoms. The molecule has 3 nitrogen and oxygen atoms in total. The molecule has 5 heteroatoms. The first-order chi connectivity index (χ1) is 7.59. The molecular formula is C11H13F2NO2. The first-order valence-electron chi connectivity index (χ1n) is 5.22. The standard InChI is InChI=1S/C11H13F2NO2/c1-14(5-9(12)13)11(15)10-8-4-2-3-7(8)6-16-10/h6,9H,2-5H2,1H3. The Morgan fingerprint density at radius 3 is 3.00 bits per heavy atom. The zero-order valence-electron chi connectivity index (χ0n) is 9.00. The lowest BCUT2D eigenvalue weighted by atomic mass is 10.2. The Labute approximate surface area is 92.0 Å². The van der Waals surface area contributed by atoms with E-state index in [1.807, 2.05) is 0 Å². The molecule has 0 spiro atoms. The summed E-state index contributed by atoms with van der Waals surface area (Å²) in [5.74, 6) is -0.223. The minimum absolute atomic E-state index is 0.232. The van der Waals surface area contributed by atoms with Gasteiger partial charge in [0.2, 0.25) is 0 Å². The van der Waals surface area contributed by atoms with Gasteiger partial charge in [0.25, 0.3) is 12.3 Å². The van der Waals surface area contributed by atoms with Crippen LogP contribution in [0.15, 0.2) is 10.7 Å². The average molecular weight is 229 g/mol. The van der Waals surface area contributed by atoms with Crippen molar-refractivity contribution in [1.29, 1.82) is 0 Å². The van der Waals surface area contributed by atoms with E-state index < -0.39 is 18.9 Å². The molecule has 1 heterocycles. The van der Waals surface area contributed by atoms with E-state index in [4.69, 9.17) is 4.42 Å². The number of hydrogen-bond donors (Lipinski definition) is 0. The second-order valence-corrected chi connectivity index (χ2v) is 4.00. The summed E-state index contributed by atoms with van der Waals surface area (Å²) in [5, 5.41) is 0. The van der Waals surface area contributed by atoms with Crippen molar-refractivity contribution >= 4 is 5.91 Å². The number of aryl methyl sites for hydroxylation is 1. The summed E-state index contributed by atoms with van der Waals surface area (Å²) in [6.45, 7) is -0.561. The highest BCUT2D eigenvalue weighted by molar-refractivity contribution is 5.93. The maximum absolute atomic E-state index is 12.1. The zero-order valence-corrected chi connectivity index (χ0v) is 9.00. The summed E-state index contributed by atoms with van der Waals surface area (Å²) in [6, 6.07) is 0. The van der Waals surface area contributed by atoms with E-state index in [2.05, 4.69) is 0 Å².